The number of carbonyl (C=O) groups excluding carboxylic acids is 4. The Morgan fingerprint density at radius 1 is 1.00 bits per heavy atom. The Morgan fingerprint density at radius 3 is 2.29 bits per heavy atom. The van der Waals surface area contributed by atoms with Gasteiger partial charge < -0.3 is 34.8 Å². The molecule has 2 heterocycles. The van der Waals surface area contributed by atoms with Gasteiger partial charge in [-0.1, -0.05) is 30.3 Å². The van der Waals surface area contributed by atoms with Crippen LogP contribution in [-0.2, 0) is 19.1 Å². The second-order valence-corrected chi connectivity index (χ2v) is 12.1. The molecule has 0 saturated carbocycles. The van der Waals surface area contributed by atoms with E-state index in [1.807, 2.05) is 44.4 Å². The molecule has 0 radical (unpaired) electrons. The number of nitrogens with zero attached hydrogens (tertiary/aromatic N) is 5. The standard InChI is InChI=1S/C32H47N7O6/c1-7-44-31(43)39-20-18-38(19-21-39)30(42)24(14-15-27(40)45-32(2,3)4)35-29(41)25-22-26(33-16-11-17-37(5)6)36-28(34-25)23-12-9-8-10-13-23/h8-10,12-13,22,24H,7,11,14-21H2,1-6H3,(H,35,41)(H,33,34,36)/t24-/m0/s1. The molecule has 3 amide bonds. The van der Waals surface area contributed by atoms with Crippen molar-refractivity contribution in [3.8, 4) is 11.4 Å². The zero-order valence-electron chi connectivity index (χ0n) is 27.3. The quantitative estimate of drug-likeness (QED) is 0.252. The molecule has 3 rings (SSSR count). The third kappa shape index (κ3) is 11.6. The summed E-state index contributed by atoms with van der Waals surface area (Å²) in [5.41, 5.74) is 0.134. The number of aromatic nitrogens is 2. The van der Waals surface area contributed by atoms with Crippen LogP contribution >= 0.6 is 0 Å². The molecule has 0 spiro atoms. The maximum absolute atomic E-state index is 13.7. The van der Waals surface area contributed by atoms with Crippen LogP contribution in [0.1, 0.15) is 57.4 Å². The van der Waals surface area contributed by atoms with E-state index in [-0.39, 0.29) is 44.1 Å². The Kier molecular flexibility index (Phi) is 13.1. The SMILES string of the molecule is CCOC(=O)N1CCN(C(=O)[C@H](CCC(=O)OC(C)(C)C)NC(=O)c2cc(NCCCN(C)C)nc(-c3ccccc3)n2)CC1. The predicted octanol–water partition coefficient (Wildman–Crippen LogP) is 3.03. The van der Waals surface area contributed by atoms with Crippen LogP contribution in [0.5, 0.6) is 0 Å². The average molecular weight is 626 g/mol. The molecule has 0 aliphatic carbocycles. The number of hydrogen-bond donors (Lipinski definition) is 2. The van der Waals surface area contributed by atoms with E-state index in [0.717, 1.165) is 18.5 Å². The maximum atomic E-state index is 13.7. The molecular weight excluding hydrogens is 578 g/mol. The fraction of sp³-hybridized carbons (Fsp3) is 0.562. The van der Waals surface area contributed by atoms with Crippen molar-refractivity contribution in [1.82, 2.24) is 30.0 Å². The molecule has 13 nitrogen and oxygen atoms in total. The molecule has 2 N–H and O–H groups in total. The minimum absolute atomic E-state index is 0.0316. The normalized spacial score (nSPS) is 14.1. The third-order valence-electron chi connectivity index (χ3n) is 6.86. The zero-order chi connectivity index (χ0) is 33.0. The first kappa shape index (κ1) is 35.2. The molecule has 2 aromatic rings. The molecular formula is C32H47N7O6. The van der Waals surface area contributed by atoms with Crippen LogP contribution in [0.4, 0.5) is 10.6 Å². The number of hydrogen-bond acceptors (Lipinski definition) is 10. The molecule has 1 atom stereocenters. The molecule has 0 bridgehead atoms. The number of anilines is 1. The lowest BCUT2D eigenvalue weighted by molar-refractivity contribution is -0.155. The van der Waals surface area contributed by atoms with Gasteiger partial charge in [0.15, 0.2) is 5.82 Å². The third-order valence-corrected chi connectivity index (χ3v) is 6.86. The lowest BCUT2D eigenvalue weighted by Gasteiger charge is -2.36. The van der Waals surface area contributed by atoms with Gasteiger partial charge in [-0.25, -0.2) is 14.8 Å². The van der Waals surface area contributed by atoms with Crippen molar-refractivity contribution in [3.63, 3.8) is 0 Å². The van der Waals surface area contributed by atoms with Crippen LogP contribution in [0.3, 0.4) is 0 Å². The van der Waals surface area contributed by atoms with Gasteiger partial charge in [0, 0.05) is 50.8 Å². The van der Waals surface area contributed by atoms with Gasteiger partial charge in [-0.3, -0.25) is 14.4 Å². The van der Waals surface area contributed by atoms with Gasteiger partial charge in [0.05, 0.1) is 6.61 Å². The highest BCUT2D eigenvalue weighted by molar-refractivity contribution is 5.97. The number of carbonyl (C=O) groups is 4. The van der Waals surface area contributed by atoms with Crippen LogP contribution < -0.4 is 10.6 Å². The first-order valence-electron chi connectivity index (χ1n) is 15.4. The predicted molar refractivity (Wildman–Crippen MR) is 171 cm³/mol. The Bertz CT molecular complexity index is 1290. The van der Waals surface area contributed by atoms with Crippen LogP contribution in [-0.4, -0.2) is 120 Å². The number of ether oxygens (including phenoxy) is 2. The molecule has 1 aromatic heterocycles. The first-order chi connectivity index (χ1) is 21.4. The number of piperazine rings is 1. The highest BCUT2D eigenvalue weighted by atomic mass is 16.6. The second kappa shape index (κ2) is 16.7. The zero-order valence-corrected chi connectivity index (χ0v) is 27.3. The highest BCUT2D eigenvalue weighted by Crippen LogP contribution is 2.19. The van der Waals surface area contributed by atoms with Gasteiger partial charge in [0.1, 0.15) is 23.2 Å². The molecule has 246 valence electrons. The van der Waals surface area contributed by atoms with Gasteiger partial charge in [-0.05, 0) is 61.2 Å². The molecule has 1 aromatic carbocycles. The van der Waals surface area contributed by atoms with E-state index in [9.17, 15) is 19.2 Å². The molecule has 1 saturated heterocycles. The molecule has 1 aliphatic rings. The van der Waals surface area contributed by atoms with Gasteiger partial charge in [0.25, 0.3) is 5.91 Å². The van der Waals surface area contributed by atoms with E-state index in [4.69, 9.17) is 9.47 Å². The van der Waals surface area contributed by atoms with Crippen molar-refractivity contribution in [2.45, 2.75) is 58.6 Å². The van der Waals surface area contributed by atoms with Crippen molar-refractivity contribution >= 4 is 29.7 Å². The second-order valence-electron chi connectivity index (χ2n) is 12.1. The minimum Gasteiger partial charge on any atom is -0.460 e. The van der Waals surface area contributed by atoms with Gasteiger partial charge in [-0.15, -0.1) is 0 Å². The van der Waals surface area contributed by atoms with E-state index in [1.165, 1.54) is 0 Å². The minimum atomic E-state index is -1.02. The Balaban J connectivity index is 1.82. The lowest BCUT2D eigenvalue weighted by Crippen LogP contribution is -2.56. The van der Waals surface area contributed by atoms with Crippen molar-refractivity contribution < 1.29 is 28.7 Å². The van der Waals surface area contributed by atoms with Crippen LogP contribution in [0.15, 0.2) is 36.4 Å². The Morgan fingerprint density at radius 2 is 1.67 bits per heavy atom. The van der Waals surface area contributed by atoms with Crippen molar-refractivity contribution in [2.24, 2.45) is 0 Å². The van der Waals surface area contributed by atoms with E-state index >= 15 is 0 Å². The number of amides is 3. The molecule has 13 heteroatoms. The maximum Gasteiger partial charge on any atom is 0.409 e. The van der Waals surface area contributed by atoms with Gasteiger partial charge in [0.2, 0.25) is 5.91 Å². The number of benzene rings is 1. The molecule has 45 heavy (non-hydrogen) atoms. The fourth-order valence-corrected chi connectivity index (χ4v) is 4.67. The molecule has 1 aliphatic heterocycles. The summed E-state index contributed by atoms with van der Waals surface area (Å²) in [6.45, 7) is 9.95. The van der Waals surface area contributed by atoms with E-state index in [0.29, 0.717) is 31.3 Å². The van der Waals surface area contributed by atoms with E-state index in [1.54, 1.807) is 43.6 Å². The molecule has 0 unspecified atom stereocenters. The average Bonchev–Trinajstić information content (AvgIpc) is 3.00. The summed E-state index contributed by atoms with van der Waals surface area (Å²) in [4.78, 5) is 66.5. The van der Waals surface area contributed by atoms with E-state index < -0.39 is 29.6 Å². The summed E-state index contributed by atoms with van der Waals surface area (Å²) < 4.78 is 10.5. The summed E-state index contributed by atoms with van der Waals surface area (Å²) in [6.07, 6.45) is 0.394. The van der Waals surface area contributed by atoms with Crippen molar-refractivity contribution in [1.29, 1.82) is 0 Å². The summed E-state index contributed by atoms with van der Waals surface area (Å²) in [5, 5.41) is 6.10. The summed E-state index contributed by atoms with van der Waals surface area (Å²) in [6, 6.07) is 9.86. The van der Waals surface area contributed by atoms with Crippen LogP contribution in [0, 0.1) is 0 Å². The monoisotopic (exact) mass is 625 g/mol. The van der Waals surface area contributed by atoms with Crippen molar-refractivity contribution in [2.75, 3.05) is 65.3 Å². The van der Waals surface area contributed by atoms with E-state index in [2.05, 4.69) is 25.5 Å². The molecule has 1 fully saturated rings. The van der Waals surface area contributed by atoms with Gasteiger partial charge >= 0.3 is 12.1 Å². The number of esters is 1. The topological polar surface area (TPSA) is 146 Å². The first-order valence-corrected chi connectivity index (χ1v) is 15.4. The summed E-state index contributed by atoms with van der Waals surface area (Å²) in [5.74, 6) is -0.544. The largest absolute Gasteiger partial charge is 0.460 e. The highest BCUT2D eigenvalue weighted by Gasteiger charge is 2.32. The number of nitrogens with one attached hydrogen (secondary N) is 2. The Hall–Kier alpha value is -4.26. The summed E-state index contributed by atoms with van der Waals surface area (Å²) >= 11 is 0. The summed E-state index contributed by atoms with van der Waals surface area (Å²) in [7, 11) is 4.00. The van der Waals surface area contributed by atoms with Crippen LogP contribution in [0.2, 0.25) is 0 Å². The fourth-order valence-electron chi connectivity index (χ4n) is 4.67. The smallest absolute Gasteiger partial charge is 0.409 e. The number of rotatable bonds is 13. The van der Waals surface area contributed by atoms with Crippen LogP contribution in [0.25, 0.3) is 11.4 Å². The Labute approximate surface area is 265 Å². The van der Waals surface area contributed by atoms with Gasteiger partial charge in [-0.2, -0.15) is 0 Å². The van der Waals surface area contributed by atoms with Crippen molar-refractivity contribution in [3.05, 3.63) is 42.1 Å². The lowest BCUT2D eigenvalue weighted by atomic mass is 10.1.